The van der Waals surface area contributed by atoms with E-state index in [1.807, 2.05) is 12.1 Å². The van der Waals surface area contributed by atoms with E-state index >= 15 is 0 Å². The highest BCUT2D eigenvalue weighted by molar-refractivity contribution is 5.90. The summed E-state index contributed by atoms with van der Waals surface area (Å²) < 4.78 is 0. The van der Waals surface area contributed by atoms with Crippen molar-refractivity contribution < 1.29 is 4.79 Å². The molecule has 0 aromatic carbocycles. The summed E-state index contributed by atoms with van der Waals surface area (Å²) in [7, 11) is 0. The standard InChI is InChI=1S/C19H32N2O/c1-2-3-4-5-6-7-8-9-10-11-12-13-19(22)21-18-14-16-20-17-15-18/h14-17H,2-13H2,1H3,(H,20,21,22). The minimum absolute atomic E-state index is 0.113. The molecular formula is C19H32N2O. The second kappa shape index (κ2) is 13.3. The molecule has 3 nitrogen and oxygen atoms in total. The first kappa shape index (κ1) is 18.7. The number of aromatic nitrogens is 1. The maximum Gasteiger partial charge on any atom is 0.224 e. The summed E-state index contributed by atoms with van der Waals surface area (Å²) >= 11 is 0. The minimum atomic E-state index is 0.113. The predicted octanol–water partition coefficient (Wildman–Crippen LogP) is 5.72. The fourth-order valence-electron chi connectivity index (χ4n) is 2.61. The molecule has 22 heavy (non-hydrogen) atoms. The van der Waals surface area contributed by atoms with Gasteiger partial charge in [-0.25, -0.2) is 0 Å². The van der Waals surface area contributed by atoms with Gasteiger partial charge in [-0.15, -0.1) is 0 Å². The van der Waals surface area contributed by atoms with Gasteiger partial charge in [-0.05, 0) is 18.6 Å². The molecule has 0 aliphatic rings. The maximum atomic E-state index is 11.7. The molecule has 1 aromatic heterocycles. The number of carbonyl (C=O) groups is 1. The average Bonchev–Trinajstić information content (AvgIpc) is 2.53. The van der Waals surface area contributed by atoms with E-state index in [9.17, 15) is 4.79 Å². The van der Waals surface area contributed by atoms with E-state index in [4.69, 9.17) is 0 Å². The van der Waals surface area contributed by atoms with Crippen LogP contribution in [0.15, 0.2) is 24.5 Å². The topological polar surface area (TPSA) is 42.0 Å². The Morgan fingerprint density at radius 2 is 1.36 bits per heavy atom. The molecule has 0 radical (unpaired) electrons. The fraction of sp³-hybridized carbons (Fsp3) is 0.684. The largest absolute Gasteiger partial charge is 0.326 e. The molecule has 3 heteroatoms. The van der Waals surface area contributed by atoms with Crippen molar-refractivity contribution in [3.8, 4) is 0 Å². The highest BCUT2D eigenvalue weighted by atomic mass is 16.1. The number of carbonyl (C=O) groups excluding carboxylic acids is 1. The molecule has 124 valence electrons. The molecule has 0 unspecified atom stereocenters. The predicted molar refractivity (Wildman–Crippen MR) is 93.9 cm³/mol. The molecule has 0 aliphatic heterocycles. The summed E-state index contributed by atoms with van der Waals surface area (Å²) in [5.74, 6) is 0.113. The second-order valence-corrected chi connectivity index (χ2v) is 6.07. The normalized spacial score (nSPS) is 10.6. The van der Waals surface area contributed by atoms with Crippen molar-refractivity contribution in [1.29, 1.82) is 0 Å². The van der Waals surface area contributed by atoms with E-state index in [0.29, 0.717) is 6.42 Å². The van der Waals surface area contributed by atoms with Gasteiger partial charge in [-0.1, -0.05) is 71.1 Å². The van der Waals surface area contributed by atoms with Gasteiger partial charge in [0, 0.05) is 24.5 Å². The number of hydrogen-bond donors (Lipinski definition) is 1. The Balaban J connectivity index is 1.86. The Morgan fingerprint density at radius 3 is 1.91 bits per heavy atom. The lowest BCUT2D eigenvalue weighted by Gasteiger charge is -2.05. The Hall–Kier alpha value is -1.38. The van der Waals surface area contributed by atoms with Crippen molar-refractivity contribution in [3.05, 3.63) is 24.5 Å². The lowest BCUT2D eigenvalue weighted by molar-refractivity contribution is -0.116. The first-order chi connectivity index (χ1) is 10.8. The van der Waals surface area contributed by atoms with Crippen LogP contribution in [0.1, 0.15) is 84.0 Å². The van der Waals surface area contributed by atoms with Crippen molar-refractivity contribution in [2.45, 2.75) is 84.0 Å². The monoisotopic (exact) mass is 304 g/mol. The van der Waals surface area contributed by atoms with E-state index in [1.54, 1.807) is 12.4 Å². The molecule has 0 bridgehead atoms. The molecule has 0 saturated heterocycles. The van der Waals surface area contributed by atoms with Gasteiger partial charge in [0.2, 0.25) is 5.91 Å². The Morgan fingerprint density at radius 1 is 0.864 bits per heavy atom. The quantitative estimate of drug-likeness (QED) is 0.473. The number of unbranched alkanes of at least 4 members (excludes halogenated alkanes) is 10. The highest BCUT2D eigenvalue weighted by Crippen LogP contribution is 2.12. The van der Waals surface area contributed by atoms with Gasteiger partial charge >= 0.3 is 0 Å². The van der Waals surface area contributed by atoms with Crippen LogP contribution in [-0.4, -0.2) is 10.9 Å². The molecule has 0 atom stereocenters. The number of pyridine rings is 1. The number of amides is 1. The third kappa shape index (κ3) is 10.4. The van der Waals surface area contributed by atoms with E-state index in [-0.39, 0.29) is 5.91 Å². The van der Waals surface area contributed by atoms with Crippen molar-refractivity contribution in [2.75, 3.05) is 5.32 Å². The first-order valence-corrected chi connectivity index (χ1v) is 9.03. The molecule has 1 aromatic rings. The van der Waals surface area contributed by atoms with Gasteiger partial charge in [0.25, 0.3) is 0 Å². The zero-order chi connectivity index (χ0) is 15.9. The van der Waals surface area contributed by atoms with Gasteiger partial charge in [-0.3, -0.25) is 9.78 Å². The zero-order valence-corrected chi connectivity index (χ0v) is 14.2. The summed E-state index contributed by atoms with van der Waals surface area (Å²) in [5.41, 5.74) is 0.836. The Bertz CT molecular complexity index is 378. The van der Waals surface area contributed by atoms with E-state index in [0.717, 1.165) is 12.1 Å². The molecule has 1 amide bonds. The second-order valence-electron chi connectivity index (χ2n) is 6.07. The summed E-state index contributed by atoms with van der Waals surface area (Å²) in [6.07, 6.45) is 18.4. The molecule has 0 spiro atoms. The van der Waals surface area contributed by atoms with Gasteiger partial charge in [0.15, 0.2) is 0 Å². The van der Waals surface area contributed by atoms with E-state index in [1.165, 1.54) is 64.2 Å². The van der Waals surface area contributed by atoms with Crippen LogP contribution in [0, 0.1) is 0 Å². The molecular weight excluding hydrogens is 272 g/mol. The van der Waals surface area contributed by atoms with Crippen LogP contribution in [-0.2, 0) is 4.79 Å². The van der Waals surface area contributed by atoms with Crippen LogP contribution in [0.25, 0.3) is 0 Å². The van der Waals surface area contributed by atoms with Crippen molar-refractivity contribution in [3.63, 3.8) is 0 Å². The molecule has 1 rings (SSSR count). The lowest BCUT2D eigenvalue weighted by Crippen LogP contribution is -2.10. The van der Waals surface area contributed by atoms with Crippen molar-refractivity contribution in [1.82, 2.24) is 4.98 Å². The first-order valence-electron chi connectivity index (χ1n) is 9.03. The summed E-state index contributed by atoms with van der Waals surface area (Å²) in [4.78, 5) is 15.7. The van der Waals surface area contributed by atoms with Crippen molar-refractivity contribution in [2.24, 2.45) is 0 Å². The smallest absolute Gasteiger partial charge is 0.224 e. The number of rotatable bonds is 13. The molecule has 0 fully saturated rings. The summed E-state index contributed by atoms with van der Waals surface area (Å²) in [5, 5.41) is 2.90. The third-order valence-corrected chi connectivity index (χ3v) is 3.97. The third-order valence-electron chi connectivity index (χ3n) is 3.97. The van der Waals surface area contributed by atoms with Crippen molar-refractivity contribution >= 4 is 11.6 Å². The van der Waals surface area contributed by atoms with Crippen LogP contribution in [0.4, 0.5) is 5.69 Å². The molecule has 0 aliphatic carbocycles. The van der Waals surface area contributed by atoms with Gasteiger partial charge < -0.3 is 5.32 Å². The number of anilines is 1. The number of nitrogens with one attached hydrogen (secondary N) is 1. The highest BCUT2D eigenvalue weighted by Gasteiger charge is 2.01. The van der Waals surface area contributed by atoms with Crippen LogP contribution in [0.3, 0.4) is 0 Å². The zero-order valence-electron chi connectivity index (χ0n) is 14.2. The van der Waals surface area contributed by atoms with Gasteiger partial charge in [0.1, 0.15) is 0 Å². The van der Waals surface area contributed by atoms with Crippen LogP contribution in [0.5, 0.6) is 0 Å². The minimum Gasteiger partial charge on any atom is -0.326 e. The average molecular weight is 304 g/mol. The molecule has 1 heterocycles. The number of nitrogens with zero attached hydrogens (tertiary/aromatic N) is 1. The molecule has 0 saturated carbocycles. The SMILES string of the molecule is CCCCCCCCCCCCCC(=O)Nc1ccncc1. The summed E-state index contributed by atoms with van der Waals surface area (Å²) in [6.45, 7) is 2.26. The fourth-order valence-corrected chi connectivity index (χ4v) is 2.61. The van der Waals surface area contributed by atoms with E-state index in [2.05, 4.69) is 17.2 Å². The van der Waals surface area contributed by atoms with Crippen LogP contribution < -0.4 is 5.32 Å². The lowest BCUT2D eigenvalue weighted by atomic mass is 10.1. The van der Waals surface area contributed by atoms with Gasteiger partial charge in [-0.2, -0.15) is 0 Å². The summed E-state index contributed by atoms with van der Waals surface area (Å²) in [6, 6.07) is 3.64. The van der Waals surface area contributed by atoms with Crippen LogP contribution >= 0.6 is 0 Å². The van der Waals surface area contributed by atoms with E-state index < -0.39 is 0 Å². The molecule has 1 N–H and O–H groups in total. The van der Waals surface area contributed by atoms with Gasteiger partial charge in [0.05, 0.1) is 0 Å². The Labute approximate surface area is 135 Å². The number of hydrogen-bond acceptors (Lipinski definition) is 2. The maximum absolute atomic E-state index is 11.7. The Kier molecular flexibility index (Phi) is 11.3. The van der Waals surface area contributed by atoms with Crippen LogP contribution in [0.2, 0.25) is 0 Å².